The Morgan fingerprint density at radius 3 is 2.62 bits per heavy atom. The number of nitrogens with zero attached hydrogens (tertiary/aromatic N) is 1. The van der Waals surface area contributed by atoms with E-state index in [1.807, 2.05) is 13.0 Å². The average Bonchev–Trinajstić information content (AvgIpc) is 2.19. The SMILES string of the molecule is Cc1nc2ccc(I)cc2c(N)c1C(C)C. The molecule has 0 spiro atoms. The predicted octanol–water partition coefficient (Wildman–Crippen LogP) is 3.85. The summed E-state index contributed by atoms with van der Waals surface area (Å²) in [5.41, 5.74) is 10.3. The first-order valence-corrected chi connectivity index (χ1v) is 6.44. The number of halogens is 1. The van der Waals surface area contributed by atoms with Crippen molar-refractivity contribution in [3.05, 3.63) is 33.0 Å². The summed E-state index contributed by atoms with van der Waals surface area (Å²) in [6.45, 7) is 6.34. The van der Waals surface area contributed by atoms with Crippen molar-refractivity contribution in [2.75, 3.05) is 5.73 Å². The van der Waals surface area contributed by atoms with Crippen LogP contribution in [0.15, 0.2) is 18.2 Å². The molecule has 1 aromatic carbocycles. The standard InChI is InChI=1S/C13H15IN2/c1-7(2)12-8(3)16-11-5-4-9(14)6-10(11)13(12)15/h4-7H,1-3H3,(H2,15,16). The minimum Gasteiger partial charge on any atom is -0.398 e. The first kappa shape index (κ1) is 11.6. The topological polar surface area (TPSA) is 38.9 Å². The van der Waals surface area contributed by atoms with Gasteiger partial charge in [0.2, 0.25) is 0 Å². The molecule has 0 saturated heterocycles. The second-order valence-corrected chi connectivity index (χ2v) is 5.59. The Hall–Kier alpha value is -0.840. The van der Waals surface area contributed by atoms with E-state index in [1.165, 1.54) is 9.13 Å². The molecule has 0 aliphatic heterocycles. The van der Waals surface area contributed by atoms with Gasteiger partial charge in [-0.3, -0.25) is 4.98 Å². The number of aryl methyl sites for hydroxylation is 1. The second-order valence-electron chi connectivity index (χ2n) is 4.34. The minimum atomic E-state index is 0.412. The molecule has 84 valence electrons. The average molecular weight is 326 g/mol. The monoisotopic (exact) mass is 326 g/mol. The Morgan fingerprint density at radius 2 is 2.00 bits per heavy atom. The van der Waals surface area contributed by atoms with Gasteiger partial charge in [-0.25, -0.2) is 0 Å². The smallest absolute Gasteiger partial charge is 0.0726 e. The number of hydrogen-bond donors (Lipinski definition) is 1. The van der Waals surface area contributed by atoms with Gasteiger partial charge in [0, 0.05) is 20.3 Å². The van der Waals surface area contributed by atoms with Crippen LogP contribution in [0.2, 0.25) is 0 Å². The molecule has 0 amide bonds. The lowest BCUT2D eigenvalue weighted by Gasteiger charge is -2.15. The van der Waals surface area contributed by atoms with Gasteiger partial charge in [0.15, 0.2) is 0 Å². The number of aromatic nitrogens is 1. The van der Waals surface area contributed by atoms with E-state index in [0.717, 1.165) is 22.3 Å². The molecule has 16 heavy (non-hydrogen) atoms. The van der Waals surface area contributed by atoms with Gasteiger partial charge in [-0.2, -0.15) is 0 Å². The van der Waals surface area contributed by atoms with E-state index >= 15 is 0 Å². The zero-order valence-corrected chi connectivity index (χ0v) is 11.9. The Kier molecular flexibility index (Phi) is 3.06. The Balaban J connectivity index is 2.85. The Bertz CT molecular complexity index is 547. The van der Waals surface area contributed by atoms with E-state index in [1.54, 1.807) is 0 Å². The first-order valence-electron chi connectivity index (χ1n) is 5.36. The van der Waals surface area contributed by atoms with Gasteiger partial charge < -0.3 is 5.73 Å². The molecule has 3 heteroatoms. The van der Waals surface area contributed by atoms with E-state index in [9.17, 15) is 0 Å². The lowest BCUT2D eigenvalue weighted by Crippen LogP contribution is -2.03. The second kappa shape index (κ2) is 4.20. The van der Waals surface area contributed by atoms with Crippen LogP contribution >= 0.6 is 22.6 Å². The third-order valence-corrected chi connectivity index (χ3v) is 3.47. The number of benzene rings is 1. The fourth-order valence-electron chi connectivity index (χ4n) is 2.13. The van der Waals surface area contributed by atoms with Gasteiger partial charge in [-0.15, -0.1) is 0 Å². The van der Waals surface area contributed by atoms with Crippen LogP contribution in [0.25, 0.3) is 10.9 Å². The Morgan fingerprint density at radius 1 is 1.31 bits per heavy atom. The fourth-order valence-corrected chi connectivity index (χ4v) is 2.62. The molecule has 0 aliphatic rings. The van der Waals surface area contributed by atoms with Crippen LogP contribution in [0.3, 0.4) is 0 Å². The highest BCUT2D eigenvalue weighted by Crippen LogP contribution is 2.31. The van der Waals surface area contributed by atoms with Crippen molar-refractivity contribution < 1.29 is 0 Å². The molecule has 2 N–H and O–H groups in total. The van der Waals surface area contributed by atoms with E-state index < -0.39 is 0 Å². The lowest BCUT2D eigenvalue weighted by molar-refractivity contribution is 0.851. The maximum Gasteiger partial charge on any atom is 0.0726 e. The highest BCUT2D eigenvalue weighted by Gasteiger charge is 2.12. The summed E-state index contributed by atoms with van der Waals surface area (Å²) in [7, 11) is 0. The summed E-state index contributed by atoms with van der Waals surface area (Å²) >= 11 is 2.30. The van der Waals surface area contributed by atoms with Gasteiger partial charge in [0.1, 0.15) is 0 Å². The van der Waals surface area contributed by atoms with Crippen molar-refractivity contribution in [1.29, 1.82) is 0 Å². The highest BCUT2D eigenvalue weighted by atomic mass is 127. The van der Waals surface area contributed by atoms with E-state index in [0.29, 0.717) is 5.92 Å². The number of rotatable bonds is 1. The largest absolute Gasteiger partial charge is 0.398 e. The molecule has 1 aromatic heterocycles. The van der Waals surface area contributed by atoms with E-state index in [4.69, 9.17) is 5.73 Å². The molecule has 0 saturated carbocycles. The Labute approximate surface area is 109 Å². The van der Waals surface area contributed by atoms with Crippen LogP contribution in [-0.2, 0) is 0 Å². The summed E-state index contributed by atoms with van der Waals surface area (Å²) in [4.78, 5) is 4.62. The zero-order chi connectivity index (χ0) is 11.9. The highest BCUT2D eigenvalue weighted by molar-refractivity contribution is 14.1. The van der Waals surface area contributed by atoms with Crippen molar-refractivity contribution in [3.63, 3.8) is 0 Å². The molecule has 2 nitrogen and oxygen atoms in total. The molecule has 2 rings (SSSR count). The van der Waals surface area contributed by atoms with Crippen LogP contribution in [-0.4, -0.2) is 4.98 Å². The van der Waals surface area contributed by atoms with Crippen LogP contribution in [0, 0.1) is 10.5 Å². The quantitative estimate of drug-likeness (QED) is 0.809. The minimum absolute atomic E-state index is 0.412. The molecule has 0 unspecified atom stereocenters. The van der Waals surface area contributed by atoms with E-state index in [2.05, 4.69) is 53.6 Å². The van der Waals surface area contributed by atoms with Crippen LogP contribution in [0.5, 0.6) is 0 Å². The predicted molar refractivity (Wildman–Crippen MR) is 77.7 cm³/mol. The normalized spacial score (nSPS) is 11.3. The number of hydrogen-bond acceptors (Lipinski definition) is 2. The third-order valence-electron chi connectivity index (χ3n) is 2.79. The van der Waals surface area contributed by atoms with Crippen molar-refractivity contribution >= 4 is 39.2 Å². The van der Waals surface area contributed by atoms with Crippen LogP contribution in [0.1, 0.15) is 31.0 Å². The molecule has 1 heterocycles. The van der Waals surface area contributed by atoms with Gasteiger partial charge in [-0.1, -0.05) is 13.8 Å². The first-order chi connectivity index (χ1) is 7.50. The summed E-state index contributed by atoms with van der Waals surface area (Å²) in [6.07, 6.45) is 0. The molecule has 0 bridgehead atoms. The van der Waals surface area contributed by atoms with Crippen molar-refractivity contribution in [3.8, 4) is 0 Å². The summed E-state index contributed by atoms with van der Waals surface area (Å²) in [6, 6.07) is 6.19. The number of nitrogen functional groups attached to an aromatic ring is 1. The molecule has 0 fully saturated rings. The fraction of sp³-hybridized carbons (Fsp3) is 0.308. The molecule has 0 radical (unpaired) electrons. The molecule has 0 aliphatic carbocycles. The number of pyridine rings is 1. The van der Waals surface area contributed by atoms with Gasteiger partial charge in [-0.05, 0) is 59.2 Å². The van der Waals surface area contributed by atoms with E-state index in [-0.39, 0.29) is 0 Å². The molecule has 2 aromatic rings. The maximum absolute atomic E-state index is 6.25. The van der Waals surface area contributed by atoms with Gasteiger partial charge in [0.05, 0.1) is 5.52 Å². The summed E-state index contributed by atoms with van der Waals surface area (Å²) < 4.78 is 1.19. The maximum atomic E-state index is 6.25. The van der Waals surface area contributed by atoms with Crippen molar-refractivity contribution in [2.24, 2.45) is 0 Å². The zero-order valence-electron chi connectivity index (χ0n) is 9.71. The molecule has 0 atom stereocenters. The number of nitrogens with two attached hydrogens (primary N) is 1. The van der Waals surface area contributed by atoms with Gasteiger partial charge in [0.25, 0.3) is 0 Å². The number of fused-ring (bicyclic) bond motifs is 1. The van der Waals surface area contributed by atoms with Crippen LogP contribution in [0.4, 0.5) is 5.69 Å². The van der Waals surface area contributed by atoms with Crippen molar-refractivity contribution in [1.82, 2.24) is 4.98 Å². The lowest BCUT2D eigenvalue weighted by atomic mass is 9.97. The van der Waals surface area contributed by atoms with Crippen LogP contribution < -0.4 is 5.73 Å². The summed E-state index contributed by atoms with van der Waals surface area (Å²) in [5.74, 6) is 0.412. The van der Waals surface area contributed by atoms with Crippen molar-refractivity contribution in [2.45, 2.75) is 26.7 Å². The molecular formula is C13H15IN2. The van der Waals surface area contributed by atoms with Gasteiger partial charge >= 0.3 is 0 Å². The number of anilines is 1. The molecular weight excluding hydrogens is 311 g/mol. The summed E-state index contributed by atoms with van der Waals surface area (Å²) in [5, 5.41) is 1.07. The third kappa shape index (κ3) is 1.88.